The van der Waals surface area contributed by atoms with Crippen LogP contribution in [-0.4, -0.2) is 46.2 Å². The molecule has 1 fully saturated rings. The average Bonchev–Trinajstić information content (AvgIpc) is 2.92. The van der Waals surface area contributed by atoms with E-state index in [0.717, 1.165) is 36.3 Å². The first-order valence-corrected chi connectivity index (χ1v) is 8.25. The fourth-order valence-electron chi connectivity index (χ4n) is 3.00. The van der Waals surface area contributed by atoms with Crippen molar-refractivity contribution in [2.24, 2.45) is 0 Å². The predicted octanol–water partition coefficient (Wildman–Crippen LogP) is 2.90. The Morgan fingerprint density at radius 3 is 2.79 bits per heavy atom. The van der Waals surface area contributed by atoms with Crippen molar-refractivity contribution in [2.45, 2.75) is 19.5 Å². The Kier molecular flexibility index (Phi) is 3.86. The Morgan fingerprint density at radius 1 is 1.29 bits per heavy atom. The van der Waals surface area contributed by atoms with Crippen molar-refractivity contribution in [1.29, 1.82) is 0 Å². The maximum atomic E-state index is 5.84. The summed E-state index contributed by atoms with van der Waals surface area (Å²) in [5, 5.41) is 5.88. The third-order valence-electron chi connectivity index (χ3n) is 4.48. The maximum absolute atomic E-state index is 5.84. The van der Waals surface area contributed by atoms with Gasteiger partial charge in [0, 0.05) is 32.1 Å². The highest BCUT2D eigenvalue weighted by Gasteiger charge is 2.32. The highest BCUT2D eigenvalue weighted by atomic mass is 35.5. The van der Waals surface area contributed by atoms with Gasteiger partial charge in [0.05, 0.1) is 23.5 Å². The van der Waals surface area contributed by atoms with Gasteiger partial charge in [0.2, 0.25) is 5.95 Å². The molecule has 3 aromatic rings. The standard InChI is InChI=1S/C17H18ClN5O/c1-11-3-4-16-14(5-11)15(21-24-16)10-23-8-13(9-23)22(2)17-19-6-12(18)7-20-17/h3-7,13H,8-10H2,1-2H3. The lowest BCUT2D eigenvalue weighted by atomic mass is 10.1. The van der Waals surface area contributed by atoms with Crippen LogP contribution in [0.1, 0.15) is 11.3 Å². The lowest BCUT2D eigenvalue weighted by molar-refractivity contribution is 0.135. The molecule has 0 atom stereocenters. The van der Waals surface area contributed by atoms with Gasteiger partial charge in [-0.25, -0.2) is 9.97 Å². The first kappa shape index (κ1) is 15.4. The zero-order chi connectivity index (χ0) is 16.7. The highest BCUT2D eigenvalue weighted by molar-refractivity contribution is 6.30. The molecule has 0 unspecified atom stereocenters. The van der Waals surface area contributed by atoms with Crippen LogP contribution in [0, 0.1) is 6.92 Å². The molecule has 124 valence electrons. The molecule has 1 aromatic carbocycles. The van der Waals surface area contributed by atoms with Crippen LogP contribution in [0.15, 0.2) is 35.1 Å². The minimum Gasteiger partial charge on any atom is -0.356 e. The quantitative estimate of drug-likeness (QED) is 0.726. The number of likely N-dealkylation sites (N-methyl/N-ethyl adjacent to an activating group) is 1. The van der Waals surface area contributed by atoms with Gasteiger partial charge in [-0.15, -0.1) is 0 Å². The van der Waals surface area contributed by atoms with E-state index in [1.807, 2.05) is 19.2 Å². The molecule has 4 rings (SSSR count). The summed E-state index contributed by atoms with van der Waals surface area (Å²) in [7, 11) is 2.01. The van der Waals surface area contributed by atoms with Crippen LogP contribution in [-0.2, 0) is 6.54 Å². The zero-order valence-electron chi connectivity index (χ0n) is 13.6. The molecule has 0 amide bonds. The molecule has 0 N–H and O–H groups in total. The molecular formula is C17H18ClN5O. The summed E-state index contributed by atoms with van der Waals surface area (Å²) in [6.07, 6.45) is 3.25. The summed E-state index contributed by atoms with van der Waals surface area (Å²) in [5.74, 6) is 0.701. The van der Waals surface area contributed by atoms with E-state index in [0.29, 0.717) is 17.0 Å². The number of hydrogen-bond acceptors (Lipinski definition) is 6. The smallest absolute Gasteiger partial charge is 0.225 e. The monoisotopic (exact) mass is 343 g/mol. The third-order valence-corrected chi connectivity index (χ3v) is 4.68. The number of halogens is 1. The summed E-state index contributed by atoms with van der Waals surface area (Å²) >= 11 is 5.84. The maximum Gasteiger partial charge on any atom is 0.225 e. The van der Waals surface area contributed by atoms with Crippen LogP contribution >= 0.6 is 11.6 Å². The van der Waals surface area contributed by atoms with E-state index in [1.165, 1.54) is 5.56 Å². The number of benzene rings is 1. The molecule has 2 aromatic heterocycles. The number of hydrogen-bond donors (Lipinski definition) is 0. The molecule has 6 nitrogen and oxygen atoms in total. The molecule has 0 bridgehead atoms. The molecule has 0 saturated carbocycles. The SMILES string of the molecule is Cc1ccc2onc(CN3CC(N(C)c4ncc(Cl)cn4)C3)c2c1. The second-order valence-corrected chi connectivity index (χ2v) is 6.73. The molecule has 7 heteroatoms. The van der Waals surface area contributed by atoms with E-state index in [4.69, 9.17) is 16.1 Å². The van der Waals surface area contributed by atoms with Gasteiger partial charge in [-0.2, -0.15) is 0 Å². The molecule has 0 spiro atoms. The van der Waals surface area contributed by atoms with Gasteiger partial charge in [0.25, 0.3) is 0 Å². The van der Waals surface area contributed by atoms with Crippen LogP contribution in [0.3, 0.4) is 0 Å². The van der Waals surface area contributed by atoms with Gasteiger partial charge < -0.3 is 9.42 Å². The molecule has 3 heterocycles. The molecule has 1 aliphatic heterocycles. The normalized spacial score (nSPS) is 15.6. The number of fused-ring (bicyclic) bond motifs is 1. The first-order valence-electron chi connectivity index (χ1n) is 7.88. The number of nitrogens with zero attached hydrogens (tertiary/aromatic N) is 5. The Labute approximate surface area is 145 Å². The second kappa shape index (κ2) is 6.03. The van der Waals surface area contributed by atoms with Crippen LogP contribution in [0.5, 0.6) is 0 Å². The van der Waals surface area contributed by atoms with Crippen LogP contribution in [0.25, 0.3) is 11.0 Å². The van der Waals surface area contributed by atoms with Crippen molar-refractivity contribution in [2.75, 3.05) is 25.0 Å². The topological polar surface area (TPSA) is 58.3 Å². The summed E-state index contributed by atoms with van der Waals surface area (Å²) in [5.41, 5.74) is 3.06. The number of likely N-dealkylation sites (tertiary alicyclic amines) is 1. The van der Waals surface area contributed by atoms with Gasteiger partial charge in [-0.1, -0.05) is 28.4 Å². The zero-order valence-corrected chi connectivity index (χ0v) is 14.4. The Hall–Kier alpha value is -2.18. The molecule has 1 aliphatic rings. The van der Waals surface area contributed by atoms with Crippen molar-refractivity contribution < 1.29 is 4.52 Å². The predicted molar refractivity (Wildman–Crippen MR) is 93.3 cm³/mol. The number of anilines is 1. The largest absolute Gasteiger partial charge is 0.356 e. The minimum absolute atomic E-state index is 0.395. The Bertz CT molecular complexity index is 857. The van der Waals surface area contributed by atoms with Crippen LogP contribution in [0.2, 0.25) is 5.02 Å². The molecule has 0 aliphatic carbocycles. The van der Waals surface area contributed by atoms with E-state index in [-0.39, 0.29) is 0 Å². The lowest BCUT2D eigenvalue weighted by Crippen LogP contribution is -2.58. The van der Waals surface area contributed by atoms with Crippen LogP contribution < -0.4 is 4.90 Å². The van der Waals surface area contributed by atoms with Gasteiger partial charge in [-0.3, -0.25) is 4.90 Å². The fraction of sp³-hybridized carbons (Fsp3) is 0.353. The van der Waals surface area contributed by atoms with Crippen molar-refractivity contribution in [3.8, 4) is 0 Å². The lowest BCUT2D eigenvalue weighted by Gasteiger charge is -2.43. The van der Waals surface area contributed by atoms with Crippen molar-refractivity contribution >= 4 is 28.5 Å². The summed E-state index contributed by atoms with van der Waals surface area (Å²) in [6.45, 7) is 4.77. The van der Waals surface area contributed by atoms with E-state index >= 15 is 0 Å². The number of rotatable bonds is 4. The highest BCUT2D eigenvalue weighted by Crippen LogP contribution is 2.25. The molecule has 1 saturated heterocycles. The van der Waals surface area contributed by atoms with Crippen LogP contribution in [0.4, 0.5) is 5.95 Å². The van der Waals surface area contributed by atoms with Gasteiger partial charge >= 0.3 is 0 Å². The fourth-order valence-corrected chi connectivity index (χ4v) is 3.09. The van der Waals surface area contributed by atoms with Crippen molar-refractivity contribution in [3.05, 3.63) is 46.9 Å². The van der Waals surface area contributed by atoms with Gasteiger partial charge in [-0.05, 0) is 19.1 Å². The minimum atomic E-state index is 0.395. The molecular weight excluding hydrogens is 326 g/mol. The Morgan fingerprint density at radius 2 is 2.04 bits per heavy atom. The average molecular weight is 344 g/mol. The number of aromatic nitrogens is 3. The summed E-state index contributed by atoms with van der Waals surface area (Å²) < 4.78 is 5.41. The van der Waals surface area contributed by atoms with Gasteiger partial charge in [0.1, 0.15) is 5.69 Å². The third kappa shape index (κ3) is 2.83. The Balaban J connectivity index is 1.40. The molecule has 24 heavy (non-hydrogen) atoms. The second-order valence-electron chi connectivity index (χ2n) is 6.29. The first-order chi connectivity index (χ1) is 11.6. The van der Waals surface area contributed by atoms with Crippen molar-refractivity contribution in [3.63, 3.8) is 0 Å². The molecule has 0 radical (unpaired) electrons. The van der Waals surface area contributed by atoms with E-state index < -0.39 is 0 Å². The van der Waals surface area contributed by atoms with E-state index in [2.05, 4.69) is 37.9 Å². The number of aryl methyl sites for hydroxylation is 1. The summed E-state index contributed by atoms with van der Waals surface area (Å²) in [6, 6.07) is 6.54. The summed E-state index contributed by atoms with van der Waals surface area (Å²) in [4.78, 5) is 13.0. The van der Waals surface area contributed by atoms with E-state index in [1.54, 1.807) is 12.4 Å². The van der Waals surface area contributed by atoms with Gasteiger partial charge in [0.15, 0.2) is 5.58 Å². The van der Waals surface area contributed by atoms with E-state index in [9.17, 15) is 0 Å². The van der Waals surface area contributed by atoms with Crippen molar-refractivity contribution in [1.82, 2.24) is 20.0 Å².